The van der Waals surface area contributed by atoms with Gasteiger partial charge in [0.05, 0.1) is 12.5 Å². The van der Waals surface area contributed by atoms with Crippen LogP contribution >= 0.6 is 24.0 Å². The molecule has 0 aliphatic heterocycles. The Morgan fingerprint density at radius 1 is 1.24 bits per heavy atom. The van der Waals surface area contributed by atoms with Crippen molar-refractivity contribution in [3.8, 4) is 0 Å². The summed E-state index contributed by atoms with van der Waals surface area (Å²) in [7, 11) is 0. The number of alkyl halides is 1. The number of imidazole rings is 1. The van der Waals surface area contributed by atoms with Crippen LogP contribution in [0.2, 0.25) is 0 Å². The van der Waals surface area contributed by atoms with Crippen LogP contribution in [0.15, 0.2) is 42.7 Å². The number of aromatic nitrogens is 2. The summed E-state index contributed by atoms with van der Waals surface area (Å²) < 4.78 is 7.47. The standard InChI is InChI=1S/C12H13ClN2O.ClH/c13-8-12-14-6-7-15(12)10-16-9-11-4-2-1-3-5-11;/h1-7H,8-10H2;1H. The predicted molar refractivity (Wildman–Crippen MR) is 70.3 cm³/mol. The topological polar surface area (TPSA) is 27.1 Å². The Morgan fingerprint density at radius 2 is 2.00 bits per heavy atom. The minimum atomic E-state index is 0. The van der Waals surface area contributed by atoms with Crippen molar-refractivity contribution in [2.45, 2.75) is 19.2 Å². The van der Waals surface area contributed by atoms with E-state index in [-0.39, 0.29) is 12.4 Å². The molecule has 0 saturated heterocycles. The fourth-order valence-electron chi connectivity index (χ4n) is 1.42. The molecule has 2 aromatic rings. The predicted octanol–water partition coefficient (Wildman–Crippen LogP) is 3.22. The van der Waals surface area contributed by atoms with Crippen molar-refractivity contribution >= 4 is 24.0 Å². The largest absolute Gasteiger partial charge is 0.356 e. The molecule has 0 bridgehead atoms. The highest BCUT2D eigenvalue weighted by atomic mass is 35.5. The monoisotopic (exact) mass is 272 g/mol. The second-order valence-corrected chi connectivity index (χ2v) is 3.68. The van der Waals surface area contributed by atoms with Gasteiger partial charge in [-0.1, -0.05) is 30.3 Å². The van der Waals surface area contributed by atoms with Gasteiger partial charge in [-0.25, -0.2) is 4.98 Å². The van der Waals surface area contributed by atoms with Crippen LogP contribution in [0, 0.1) is 0 Å². The average molecular weight is 273 g/mol. The molecular formula is C12H14Cl2N2O. The van der Waals surface area contributed by atoms with Crippen molar-refractivity contribution < 1.29 is 4.74 Å². The molecule has 1 heterocycles. The summed E-state index contributed by atoms with van der Waals surface area (Å²) in [6.07, 6.45) is 3.59. The molecule has 17 heavy (non-hydrogen) atoms. The van der Waals surface area contributed by atoms with Crippen molar-refractivity contribution in [2.75, 3.05) is 0 Å². The van der Waals surface area contributed by atoms with Gasteiger partial charge in [-0.15, -0.1) is 24.0 Å². The van der Waals surface area contributed by atoms with E-state index in [0.717, 1.165) is 11.4 Å². The van der Waals surface area contributed by atoms with Gasteiger partial charge in [-0.2, -0.15) is 0 Å². The van der Waals surface area contributed by atoms with Gasteiger partial charge in [0.2, 0.25) is 0 Å². The molecule has 0 radical (unpaired) electrons. The molecule has 0 aliphatic rings. The Kier molecular flexibility index (Phi) is 6.05. The molecule has 0 saturated carbocycles. The minimum Gasteiger partial charge on any atom is -0.356 e. The van der Waals surface area contributed by atoms with E-state index in [0.29, 0.717) is 19.2 Å². The van der Waals surface area contributed by atoms with Crippen LogP contribution in [0.5, 0.6) is 0 Å². The van der Waals surface area contributed by atoms with Crippen molar-refractivity contribution in [1.82, 2.24) is 9.55 Å². The summed E-state index contributed by atoms with van der Waals surface area (Å²) in [5.74, 6) is 1.23. The second kappa shape index (κ2) is 7.33. The van der Waals surface area contributed by atoms with E-state index in [4.69, 9.17) is 16.3 Å². The first-order valence-electron chi connectivity index (χ1n) is 5.08. The van der Waals surface area contributed by atoms with Gasteiger partial charge >= 0.3 is 0 Å². The third-order valence-electron chi connectivity index (χ3n) is 2.26. The molecule has 0 amide bonds. The number of halogens is 2. The minimum absolute atomic E-state index is 0. The van der Waals surface area contributed by atoms with Crippen LogP contribution in [0.4, 0.5) is 0 Å². The van der Waals surface area contributed by atoms with E-state index in [1.807, 2.05) is 41.1 Å². The van der Waals surface area contributed by atoms with E-state index in [9.17, 15) is 0 Å². The fourth-order valence-corrected chi connectivity index (χ4v) is 1.65. The van der Waals surface area contributed by atoms with Crippen LogP contribution in [0.3, 0.4) is 0 Å². The number of rotatable bonds is 5. The Labute approximate surface area is 112 Å². The first-order valence-corrected chi connectivity index (χ1v) is 5.61. The molecule has 3 nitrogen and oxygen atoms in total. The van der Waals surface area contributed by atoms with Crippen LogP contribution in [-0.4, -0.2) is 9.55 Å². The Morgan fingerprint density at radius 3 is 2.71 bits per heavy atom. The van der Waals surface area contributed by atoms with Gasteiger partial charge < -0.3 is 9.30 Å². The molecule has 1 aromatic heterocycles. The highest BCUT2D eigenvalue weighted by molar-refractivity contribution is 6.16. The maximum atomic E-state index is 5.73. The van der Waals surface area contributed by atoms with Gasteiger partial charge in [-0.05, 0) is 5.56 Å². The molecule has 0 N–H and O–H groups in total. The van der Waals surface area contributed by atoms with Gasteiger partial charge in [0.15, 0.2) is 0 Å². The Balaban J connectivity index is 0.00000144. The lowest BCUT2D eigenvalue weighted by Crippen LogP contribution is -2.05. The number of hydrogen-bond acceptors (Lipinski definition) is 2. The number of nitrogens with zero attached hydrogens (tertiary/aromatic N) is 2. The zero-order chi connectivity index (χ0) is 11.2. The van der Waals surface area contributed by atoms with Gasteiger partial charge in [0.25, 0.3) is 0 Å². The third kappa shape index (κ3) is 4.04. The zero-order valence-corrected chi connectivity index (χ0v) is 10.8. The lowest BCUT2D eigenvalue weighted by molar-refractivity contribution is 0.0625. The molecule has 5 heteroatoms. The number of benzene rings is 1. The molecule has 0 unspecified atom stereocenters. The summed E-state index contributed by atoms with van der Waals surface area (Å²) in [6, 6.07) is 10.1. The molecule has 0 atom stereocenters. The summed E-state index contributed by atoms with van der Waals surface area (Å²) in [4.78, 5) is 4.11. The zero-order valence-electron chi connectivity index (χ0n) is 9.25. The van der Waals surface area contributed by atoms with Gasteiger partial charge in [0, 0.05) is 12.4 Å². The highest BCUT2D eigenvalue weighted by Crippen LogP contribution is 2.04. The third-order valence-corrected chi connectivity index (χ3v) is 2.50. The molecule has 2 rings (SSSR count). The smallest absolute Gasteiger partial charge is 0.125 e. The van der Waals surface area contributed by atoms with Crippen LogP contribution in [0.25, 0.3) is 0 Å². The fraction of sp³-hybridized carbons (Fsp3) is 0.250. The molecule has 0 spiro atoms. The average Bonchev–Trinajstić information content (AvgIpc) is 2.78. The molecule has 92 valence electrons. The quantitative estimate of drug-likeness (QED) is 0.782. The molecular weight excluding hydrogens is 259 g/mol. The van der Waals surface area contributed by atoms with Crippen molar-refractivity contribution in [2.24, 2.45) is 0 Å². The van der Waals surface area contributed by atoms with Gasteiger partial charge in [0.1, 0.15) is 12.6 Å². The molecule has 0 fully saturated rings. The first kappa shape index (κ1) is 14.0. The van der Waals surface area contributed by atoms with E-state index >= 15 is 0 Å². The number of ether oxygens (including phenoxy) is 1. The SMILES string of the molecule is Cl.ClCc1nccn1COCc1ccccc1. The maximum Gasteiger partial charge on any atom is 0.125 e. The lowest BCUT2D eigenvalue weighted by atomic mass is 10.2. The summed E-state index contributed by atoms with van der Waals surface area (Å²) >= 11 is 5.73. The normalized spacial score (nSPS) is 9.94. The van der Waals surface area contributed by atoms with Gasteiger partial charge in [-0.3, -0.25) is 0 Å². The first-order chi connectivity index (χ1) is 7.90. The second-order valence-electron chi connectivity index (χ2n) is 3.41. The van der Waals surface area contributed by atoms with E-state index < -0.39 is 0 Å². The van der Waals surface area contributed by atoms with Crippen molar-refractivity contribution in [3.63, 3.8) is 0 Å². The Bertz CT molecular complexity index is 431. The van der Waals surface area contributed by atoms with E-state index in [1.54, 1.807) is 6.20 Å². The van der Waals surface area contributed by atoms with Crippen LogP contribution < -0.4 is 0 Å². The molecule has 1 aromatic carbocycles. The summed E-state index contributed by atoms with van der Waals surface area (Å²) in [6.45, 7) is 1.08. The van der Waals surface area contributed by atoms with Crippen molar-refractivity contribution in [3.05, 3.63) is 54.1 Å². The maximum absolute atomic E-state index is 5.73. The van der Waals surface area contributed by atoms with E-state index in [1.165, 1.54) is 0 Å². The number of hydrogen-bond donors (Lipinski definition) is 0. The Hall–Kier alpha value is -1.03. The highest BCUT2D eigenvalue weighted by Gasteiger charge is 2.00. The lowest BCUT2D eigenvalue weighted by Gasteiger charge is -2.07. The van der Waals surface area contributed by atoms with Crippen LogP contribution in [0.1, 0.15) is 11.4 Å². The summed E-state index contributed by atoms with van der Waals surface area (Å²) in [5.41, 5.74) is 1.16. The van der Waals surface area contributed by atoms with Crippen molar-refractivity contribution in [1.29, 1.82) is 0 Å². The molecule has 0 aliphatic carbocycles. The van der Waals surface area contributed by atoms with Crippen LogP contribution in [-0.2, 0) is 24.0 Å². The van der Waals surface area contributed by atoms with E-state index in [2.05, 4.69) is 4.98 Å². The summed E-state index contributed by atoms with van der Waals surface area (Å²) in [5, 5.41) is 0.